The molecule has 0 aliphatic heterocycles. The summed E-state index contributed by atoms with van der Waals surface area (Å²) in [6.45, 7) is 6.62. The summed E-state index contributed by atoms with van der Waals surface area (Å²) in [6, 6.07) is 14.7. The van der Waals surface area contributed by atoms with Gasteiger partial charge >= 0.3 is 0 Å². The Morgan fingerprint density at radius 1 is 0.857 bits per heavy atom. The lowest BCUT2D eigenvalue weighted by molar-refractivity contribution is -0.659. The van der Waals surface area contributed by atoms with Crippen LogP contribution in [0.1, 0.15) is 58.8 Å². The highest BCUT2D eigenvalue weighted by atomic mass is 16.1. The largest absolute Gasteiger partial charge is 0.289 e. The smallest absolute Gasteiger partial charge is 0.213 e. The molecule has 0 saturated heterocycles. The zero-order chi connectivity index (χ0) is 19.8. The van der Waals surface area contributed by atoms with Crippen molar-refractivity contribution in [2.24, 2.45) is 7.05 Å². The van der Waals surface area contributed by atoms with Crippen LogP contribution in [-0.4, -0.2) is 5.78 Å². The summed E-state index contributed by atoms with van der Waals surface area (Å²) in [7, 11) is 2.08. The van der Waals surface area contributed by atoms with Crippen LogP contribution < -0.4 is 4.57 Å². The first-order valence-corrected chi connectivity index (χ1v) is 10.3. The molecule has 0 atom stereocenters. The van der Waals surface area contributed by atoms with Crippen molar-refractivity contribution in [3.63, 3.8) is 0 Å². The summed E-state index contributed by atoms with van der Waals surface area (Å²) in [5, 5.41) is 0. The number of aromatic nitrogens is 1. The zero-order valence-electron chi connectivity index (χ0n) is 17.3. The predicted octanol–water partition coefficient (Wildman–Crippen LogP) is 5.74. The van der Waals surface area contributed by atoms with Gasteiger partial charge in [-0.15, -0.1) is 0 Å². The van der Waals surface area contributed by atoms with Gasteiger partial charge in [-0.05, 0) is 55.0 Å². The van der Waals surface area contributed by atoms with Crippen molar-refractivity contribution in [2.75, 3.05) is 0 Å². The Morgan fingerprint density at radius 2 is 1.61 bits per heavy atom. The molecule has 0 saturated carbocycles. The fourth-order valence-corrected chi connectivity index (χ4v) is 4.30. The van der Waals surface area contributed by atoms with E-state index in [-0.39, 0.29) is 5.78 Å². The number of benzene rings is 2. The number of rotatable bonds is 5. The van der Waals surface area contributed by atoms with E-state index in [0.717, 1.165) is 34.4 Å². The molecular weight excluding hydrogens is 342 g/mol. The molecule has 2 aromatic carbocycles. The number of carbonyl (C=O) groups is 1. The second kappa shape index (κ2) is 7.35. The Balaban J connectivity index is 1.82. The van der Waals surface area contributed by atoms with Crippen LogP contribution in [0, 0.1) is 13.8 Å². The Kier molecular flexibility index (Phi) is 4.89. The van der Waals surface area contributed by atoms with Gasteiger partial charge in [-0.2, -0.15) is 0 Å². The van der Waals surface area contributed by atoms with Crippen molar-refractivity contribution in [3.8, 4) is 22.4 Å². The molecule has 1 aromatic heterocycles. The van der Waals surface area contributed by atoms with Gasteiger partial charge in [0, 0.05) is 22.8 Å². The van der Waals surface area contributed by atoms with Crippen molar-refractivity contribution in [1.29, 1.82) is 0 Å². The van der Waals surface area contributed by atoms with Crippen LogP contribution in [0.2, 0.25) is 0 Å². The van der Waals surface area contributed by atoms with Gasteiger partial charge in [-0.25, -0.2) is 4.57 Å². The Morgan fingerprint density at radius 3 is 2.36 bits per heavy atom. The summed E-state index contributed by atoms with van der Waals surface area (Å²) < 4.78 is 2.17. The first-order chi connectivity index (χ1) is 13.5. The minimum Gasteiger partial charge on any atom is -0.289 e. The standard InChI is InChI=1S/C26H28NO/c1-5-6-7-10-19-13-17(2)18(3)22(14-19)25-15-23-24(16-27(25)4)20-11-8-9-12-21(20)26(23)28/h8-9,11-16H,5-7,10H2,1-4H3/q+1. The first kappa shape index (κ1) is 18.6. The van der Waals surface area contributed by atoms with E-state index in [1.54, 1.807) is 0 Å². The maximum Gasteiger partial charge on any atom is 0.213 e. The van der Waals surface area contributed by atoms with Gasteiger partial charge in [0.1, 0.15) is 7.05 Å². The molecule has 28 heavy (non-hydrogen) atoms. The van der Waals surface area contributed by atoms with E-state index in [1.807, 2.05) is 24.3 Å². The Labute approximate surface area is 167 Å². The number of fused-ring (bicyclic) bond motifs is 3. The topological polar surface area (TPSA) is 20.9 Å². The van der Waals surface area contributed by atoms with E-state index in [0.29, 0.717) is 0 Å². The molecule has 0 unspecified atom stereocenters. The second-order valence-electron chi connectivity index (χ2n) is 8.01. The highest BCUT2D eigenvalue weighted by Crippen LogP contribution is 2.37. The van der Waals surface area contributed by atoms with Gasteiger partial charge in [0.15, 0.2) is 12.0 Å². The third-order valence-electron chi connectivity index (χ3n) is 6.05. The molecule has 1 aliphatic carbocycles. The molecule has 4 rings (SSSR count). The fourth-order valence-electron chi connectivity index (χ4n) is 4.30. The van der Waals surface area contributed by atoms with Crippen molar-refractivity contribution >= 4 is 5.78 Å². The molecular formula is C26H28NO+. The van der Waals surface area contributed by atoms with E-state index in [2.05, 4.69) is 56.8 Å². The first-order valence-electron chi connectivity index (χ1n) is 10.3. The zero-order valence-corrected chi connectivity index (χ0v) is 17.3. The highest BCUT2D eigenvalue weighted by molar-refractivity contribution is 6.21. The maximum absolute atomic E-state index is 13.0. The van der Waals surface area contributed by atoms with E-state index in [9.17, 15) is 4.79 Å². The Bertz CT molecular complexity index is 1080. The molecule has 3 aromatic rings. The number of aryl methyl sites for hydroxylation is 3. The van der Waals surface area contributed by atoms with Gasteiger partial charge in [-0.1, -0.05) is 50.1 Å². The van der Waals surface area contributed by atoms with Gasteiger partial charge in [0.2, 0.25) is 5.69 Å². The number of ketones is 1. The normalized spacial score (nSPS) is 12.2. The number of hydrogen-bond donors (Lipinski definition) is 0. The molecule has 1 heterocycles. The van der Waals surface area contributed by atoms with Crippen LogP contribution in [0.3, 0.4) is 0 Å². The quantitative estimate of drug-likeness (QED) is 0.324. The third-order valence-corrected chi connectivity index (χ3v) is 6.05. The van der Waals surface area contributed by atoms with E-state index >= 15 is 0 Å². The number of hydrogen-bond acceptors (Lipinski definition) is 1. The van der Waals surface area contributed by atoms with Crippen LogP contribution in [-0.2, 0) is 13.5 Å². The van der Waals surface area contributed by atoms with Crippen LogP contribution in [0.15, 0.2) is 48.7 Å². The molecule has 0 radical (unpaired) electrons. The van der Waals surface area contributed by atoms with Crippen LogP contribution >= 0.6 is 0 Å². The summed E-state index contributed by atoms with van der Waals surface area (Å²) in [5.41, 5.74) is 10.1. The summed E-state index contributed by atoms with van der Waals surface area (Å²) in [4.78, 5) is 13.0. The lowest BCUT2D eigenvalue weighted by Crippen LogP contribution is -2.31. The molecule has 0 N–H and O–H groups in total. The van der Waals surface area contributed by atoms with E-state index in [1.165, 1.54) is 41.5 Å². The van der Waals surface area contributed by atoms with Crippen molar-refractivity contribution in [2.45, 2.75) is 46.5 Å². The lowest BCUT2D eigenvalue weighted by Gasteiger charge is -2.12. The highest BCUT2D eigenvalue weighted by Gasteiger charge is 2.31. The average Bonchev–Trinajstić information content (AvgIpc) is 2.96. The molecule has 1 aliphatic rings. The van der Waals surface area contributed by atoms with Crippen molar-refractivity contribution in [3.05, 3.63) is 76.5 Å². The minimum absolute atomic E-state index is 0.140. The number of unbranched alkanes of at least 4 members (excludes halogenated alkanes) is 2. The van der Waals surface area contributed by atoms with Crippen molar-refractivity contribution < 1.29 is 9.36 Å². The molecule has 142 valence electrons. The molecule has 2 heteroatoms. The number of pyridine rings is 1. The summed E-state index contributed by atoms with van der Waals surface area (Å²) in [6.07, 6.45) is 6.96. The molecule has 0 fully saturated rings. The fraction of sp³-hybridized carbons (Fsp3) is 0.308. The van der Waals surface area contributed by atoms with Gasteiger partial charge in [0.25, 0.3) is 0 Å². The van der Waals surface area contributed by atoms with Crippen LogP contribution in [0.5, 0.6) is 0 Å². The van der Waals surface area contributed by atoms with Gasteiger partial charge in [0.05, 0.1) is 5.56 Å². The monoisotopic (exact) mass is 370 g/mol. The van der Waals surface area contributed by atoms with Crippen LogP contribution in [0.25, 0.3) is 22.4 Å². The predicted molar refractivity (Wildman–Crippen MR) is 115 cm³/mol. The summed E-state index contributed by atoms with van der Waals surface area (Å²) >= 11 is 0. The lowest BCUT2D eigenvalue weighted by atomic mass is 9.93. The van der Waals surface area contributed by atoms with Gasteiger partial charge < -0.3 is 0 Å². The molecule has 0 spiro atoms. The molecule has 2 nitrogen and oxygen atoms in total. The third kappa shape index (κ3) is 3.07. The summed E-state index contributed by atoms with van der Waals surface area (Å²) in [5.74, 6) is 0.140. The second-order valence-corrected chi connectivity index (χ2v) is 8.01. The molecule has 0 amide bonds. The van der Waals surface area contributed by atoms with E-state index < -0.39 is 0 Å². The Hall–Kier alpha value is -2.74. The minimum atomic E-state index is 0.140. The number of nitrogens with zero attached hydrogens (tertiary/aromatic N) is 1. The van der Waals surface area contributed by atoms with Crippen LogP contribution in [0.4, 0.5) is 0 Å². The maximum atomic E-state index is 13.0. The van der Waals surface area contributed by atoms with E-state index in [4.69, 9.17) is 0 Å². The SMILES string of the molecule is CCCCCc1cc(C)c(C)c(-c2cc3c(c[n+]2C)-c2ccccc2C3=O)c1. The average molecular weight is 371 g/mol. The molecule has 0 bridgehead atoms. The number of carbonyl (C=O) groups excluding carboxylic acids is 1. The van der Waals surface area contributed by atoms with Crippen molar-refractivity contribution in [1.82, 2.24) is 0 Å². The van der Waals surface area contributed by atoms with Gasteiger partial charge in [-0.3, -0.25) is 4.79 Å².